The summed E-state index contributed by atoms with van der Waals surface area (Å²) in [5.74, 6) is 0.866. The van der Waals surface area contributed by atoms with E-state index in [2.05, 4.69) is 78.9 Å². The van der Waals surface area contributed by atoms with Crippen molar-refractivity contribution in [2.45, 2.75) is 24.9 Å². The Labute approximate surface area is 177 Å². The molecule has 2 aliphatic rings. The molecule has 0 radical (unpaired) electrons. The second-order valence-corrected chi connectivity index (χ2v) is 7.56. The molecule has 150 valence electrons. The van der Waals surface area contributed by atoms with E-state index in [0.29, 0.717) is 6.61 Å². The summed E-state index contributed by atoms with van der Waals surface area (Å²) in [6.07, 6.45) is 3.76. The Morgan fingerprint density at radius 3 is 1.77 bits per heavy atom. The van der Waals surface area contributed by atoms with Crippen LogP contribution in [-0.2, 0) is 19.8 Å². The number of rotatable bonds is 6. The summed E-state index contributed by atoms with van der Waals surface area (Å²) < 4.78 is 18.5. The normalized spacial score (nSPS) is 20.3. The van der Waals surface area contributed by atoms with Crippen LogP contribution in [0.1, 0.15) is 23.6 Å². The Balaban J connectivity index is 1.62. The highest BCUT2D eigenvalue weighted by molar-refractivity contribution is 5.48. The highest BCUT2D eigenvalue weighted by atomic mass is 16.7. The standard InChI is InChI=1S/C27H24O3/c1-20-29-25-18-17-21(26(25)30-20)19-28-27(22-11-5-2-6-12-22,23-13-7-3-8-14-23)24-15-9-4-10-16-24/h2-18,20,25H,19H2,1H3. The first-order chi connectivity index (χ1) is 14.8. The van der Waals surface area contributed by atoms with Crippen LogP contribution < -0.4 is 0 Å². The minimum absolute atomic E-state index is 0.0989. The van der Waals surface area contributed by atoms with Gasteiger partial charge < -0.3 is 14.2 Å². The van der Waals surface area contributed by atoms with Gasteiger partial charge in [-0.25, -0.2) is 0 Å². The molecular weight excluding hydrogens is 372 g/mol. The Kier molecular flexibility index (Phi) is 4.99. The van der Waals surface area contributed by atoms with Crippen LogP contribution in [0.4, 0.5) is 0 Å². The van der Waals surface area contributed by atoms with Crippen molar-refractivity contribution in [2.75, 3.05) is 6.61 Å². The smallest absolute Gasteiger partial charge is 0.197 e. The summed E-state index contributed by atoms with van der Waals surface area (Å²) >= 11 is 0. The van der Waals surface area contributed by atoms with Crippen molar-refractivity contribution in [3.8, 4) is 0 Å². The molecule has 2 unspecified atom stereocenters. The zero-order chi connectivity index (χ0) is 20.4. The molecule has 0 N–H and O–H groups in total. The molecule has 5 rings (SSSR count). The number of fused-ring (bicyclic) bond motifs is 1. The minimum atomic E-state index is -0.742. The van der Waals surface area contributed by atoms with Crippen molar-refractivity contribution in [3.63, 3.8) is 0 Å². The molecule has 3 heteroatoms. The molecule has 0 spiro atoms. The lowest BCUT2D eigenvalue weighted by atomic mass is 9.80. The van der Waals surface area contributed by atoms with Crippen LogP contribution in [0.15, 0.2) is 114 Å². The molecule has 1 aliphatic carbocycles. The van der Waals surface area contributed by atoms with E-state index in [1.165, 1.54) is 0 Å². The lowest BCUT2D eigenvalue weighted by Crippen LogP contribution is -2.33. The van der Waals surface area contributed by atoms with E-state index in [1.807, 2.05) is 31.2 Å². The van der Waals surface area contributed by atoms with Gasteiger partial charge in [-0.15, -0.1) is 0 Å². The highest BCUT2D eigenvalue weighted by Crippen LogP contribution is 2.42. The maximum atomic E-state index is 6.87. The molecule has 3 aromatic rings. The van der Waals surface area contributed by atoms with Crippen molar-refractivity contribution in [1.29, 1.82) is 0 Å². The molecule has 0 amide bonds. The molecule has 0 saturated carbocycles. The van der Waals surface area contributed by atoms with Crippen molar-refractivity contribution in [1.82, 2.24) is 0 Å². The zero-order valence-corrected chi connectivity index (χ0v) is 16.9. The van der Waals surface area contributed by atoms with Crippen molar-refractivity contribution in [2.24, 2.45) is 0 Å². The quantitative estimate of drug-likeness (QED) is 0.509. The predicted octanol–water partition coefficient (Wildman–Crippen LogP) is 5.58. The largest absolute Gasteiger partial charge is 0.466 e. The van der Waals surface area contributed by atoms with Gasteiger partial charge in [0.25, 0.3) is 0 Å². The maximum absolute atomic E-state index is 6.87. The Morgan fingerprint density at radius 2 is 1.27 bits per heavy atom. The fourth-order valence-corrected chi connectivity index (χ4v) is 4.29. The fraction of sp³-hybridized carbons (Fsp3) is 0.185. The molecule has 0 bridgehead atoms. The summed E-state index contributed by atoms with van der Waals surface area (Å²) in [5.41, 5.74) is 3.54. The second kappa shape index (κ2) is 7.94. The predicted molar refractivity (Wildman–Crippen MR) is 117 cm³/mol. The first-order valence-corrected chi connectivity index (χ1v) is 10.3. The Morgan fingerprint density at radius 1 is 0.767 bits per heavy atom. The van der Waals surface area contributed by atoms with Gasteiger partial charge in [-0.05, 0) is 29.7 Å². The SMILES string of the molecule is CC1OC2=C(COC(c3ccccc3)(c3ccccc3)c3ccccc3)C=CC2O1. The third-order valence-corrected chi connectivity index (χ3v) is 5.66. The lowest BCUT2D eigenvalue weighted by Gasteiger charge is -2.36. The van der Waals surface area contributed by atoms with Gasteiger partial charge >= 0.3 is 0 Å². The molecule has 30 heavy (non-hydrogen) atoms. The van der Waals surface area contributed by atoms with Crippen LogP contribution >= 0.6 is 0 Å². The molecule has 0 aromatic heterocycles. The van der Waals surface area contributed by atoms with E-state index in [9.17, 15) is 0 Å². The molecule has 1 aliphatic heterocycles. The van der Waals surface area contributed by atoms with Gasteiger partial charge in [0.2, 0.25) is 0 Å². The van der Waals surface area contributed by atoms with E-state index in [4.69, 9.17) is 14.2 Å². The maximum Gasteiger partial charge on any atom is 0.197 e. The van der Waals surface area contributed by atoms with Crippen molar-refractivity contribution in [3.05, 3.63) is 131 Å². The van der Waals surface area contributed by atoms with Gasteiger partial charge in [0.05, 0.1) is 6.61 Å². The average Bonchev–Trinajstić information content (AvgIpc) is 3.36. The molecule has 3 nitrogen and oxygen atoms in total. The van der Waals surface area contributed by atoms with Crippen molar-refractivity contribution < 1.29 is 14.2 Å². The van der Waals surface area contributed by atoms with Gasteiger partial charge in [-0.3, -0.25) is 0 Å². The van der Waals surface area contributed by atoms with Crippen LogP contribution in [0, 0.1) is 0 Å². The molecule has 3 aromatic carbocycles. The van der Waals surface area contributed by atoms with Gasteiger partial charge in [-0.2, -0.15) is 0 Å². The molecular formula is C27H24O3. The Hall–Kier alpha value is -3.14. The number of hydrogen-bond acceptors (Lipinski definition) is 3. The topological polar surface area (TPSA) is 27.7 Å². The van der Waals surface area contributed by atoms with Crippen LogP contribution in [0.25, 0.3) is 0 Å². The first-order valence-electron chi connectivity index (χ1n) is 10.3. The summed E-state index contributed by atoms with van der Waals surface area (Å²) in [4.78, 5) is 0. The van der Waals surface area contributed by atoms with E-state index in [-0.39, 0.29) is 12.4 Å². The molecule has 1 saturated heterocycles. The number of hydrogen-bond donors (Lipinski definition) is 0. The molecule has 1 heterocycles. The highest BCUT2D eigenvalue weighted by Gasteiger charge is 2.39. The average molecular weight is 396 g/mol. The number of ether oxygens (including phenoxy) is 3. The molecule has 1 fully saturated rings. The zero-order valence-electron chi connectivity index (χ0n) is 16.9. The van der Waals surface area contributed by atoms with Crippen LogP contribution in [0.2, 0.25) is 0 Å². The van der Waals surface area contributed by atoms with E-state index >= 15 is 0 Å². The van der Waals surface area contributed by atoms with Gasteiger partial charge in [0, 0.05) is 5.57 Å². The van der Waals surface area contributed by atoms with Gasteiger partial charge in [0.1, 0.15) is 17.5 Å². The van der Waals surface area contributed by atoms with Crippen molar-refractivity contribution >= 4 is 0 Å². The van der Waals surface area contributed by atoms with E-state index in [0.717, 1.165) is 28.0 Å². The summed E-state index contributed by atoms with van der Waals surface area (Å²) in [6, 6.07) is 31.2. The molecule has 2 atom stereocenters. The first kappa shape index (κ1) is 18.9. The monoisotopic (exact) mass is 396 g/mol. The third kappa shape index (κ3) is 3.26. The van der Waals surface area contributed by atoms with E-state index < -0.39 is 5.60 Å². The van der Waals surface area contributed by atoms with Crippen LogP contribution in [0.3, 0.4) is 0 Å². The summed E-state index contributed by atoms with van der Waals surface area (Å²) in [5, 5.41) is 0. The second-order valence-electron chi connectivity index (χ2n) is 7.56. The van der Waals surface area contributed by atoms with Crippen LogP contribution in [-0.4, -0.2) is 19.0 Å². The van der Waals surface area contributed by atoms with Gasteiger partial charge in [-0.1, -0.05) is 97.1 Å². The minimum Gasteiger partial charge on any atom is -0.466 e. The third-order valence-electron chi connectivity index (χ3n) is 5.66. The fourth-order valence-electron chi connectivity index (χ4n) is 4.29. The summed E-state index contributed by atoms with van der Waals surface area (Å²) in [6.45, 7) is 2.33. The number of benzene rings is 3. The van der Waals surface area contributed by atoms with Crippen LogP contribution in [0.5, 0.6) is 0 Å². The van der Waals surface area contributed by atoms with Gasteiger partial charge in [0.15, 0.2) is 6.29 Å². The van der Waals surface area contributed by atoms with E-state index in [1.54, 1.807) is 0 Å². The summed E-state index contributed by atoms with van der Waals surface area (Å²) in [7, 11) is 0. The Bertz CT molecular complexity index is 958. The lowest BCUT2D eigenvalue weighted by molar-refractivity contribution is -0.0298.